The molecule has 3 heteroatoms. The first kappa shape index (κ1) is 12.7. The first-order chi connectivity index (χ1) is 8.08. The molecule has 4 atom stereocenters. The van der Waals surface area contributed by atoms with E-state index in [1.54, 1.807) is 12.1 Å². The summed E-state index contributed by atoms with van der Waals surface area (Å²) in [5.74, 6) is 1.10. The van der Waals surface area contributed by atoms with Crippen LogP contribution in [0.3, 0.4) is 0 Å². The number of hydrogen-bond acceptors (Lipinski definition) is 1. The van der Waals surface area contributed by atoms with E-state index in [-0.39, 0.29) is 11.1 Å². The minimum absolute atomic E-state index is 0.242. The monoisotopic (exact) mass is 254 g/mol. The summed E-state index contributed by atoms with van der Waals surface area (Å²) in [7, 11) is -0.980. The van der Waals surface area contributed by atoms with Crippen molar-refractivity contribution in [1.82, 2.24) is 0 Å². The molecule has 4 unspecified atom stereocenters. The van der Waals surface area contributed by atoms with Gasteiger partial charge in [-0.15, -0.1) is 0 Å². The van der Waals surface area contributed by atoms with E-state index in [9.17, 15) is 8.60 Å². The molecule has 0 spiro atoms. The quantitative estimate of drug-likeness (QED) is 0.785. The Kier molecular flexibility index (Phi) is 3.97. The van der Waals surface area contributed by atoms with Crippen LogP contribution in [-0.2, 0) is 10.8 Å². The highest BCUT2D eigenvalue weighted by atomic mass is 32.2. The molecule has 17 heavy (non-hydrogen) atoms. The van der Waals surface area contributed by atoms with Gasteiger partial charge in [0.25, 0.3) is 0 Å². The van der Waals surface area contributed by atoms with Crippen molar-refractivity contribution < 1.29 is 8.60 Å². The van der Waals surface area contributed by atoms with Crippen LogP contribution in [0.5, 0.6) is 0 Å². The Hall–Kier alpha value is -0.700. The van der Waals surface area contributed by atoms with Crippen molar-refractivity contribution in [2.45, 2.75) is 43.3 Å². The van der Waals surface area contributed by atoms with E-state index in [1.807, 2.05) is 0 Å². The number of rotatable bonds is 2. The predicted octanol–water partition coefficient (Wildman–Crippen LogP) is 3.76. The largest absolute Gasteiger partial charge is 0.254 e. The Labute approximate surface area is 105 Å². The predicted molar refractivity (Wildman–Crippen MR) is 68.8 cm³/mol. The molecule has 1 fully saturated rings. The molecule has 1 aromatic rings. The topological polar surface area (TPSA) is 17.1 Å². The number of hydrogen-bond donors (Lipinski definition) is 0. The fraction of sp³-hybridized carbons (Fsp3) is 0.571. The summed E-state index contributed by atoms with van der Waals surface area (Å²) in [5.41, 5.74) is 0. The van der Waals surface area contributed by atoms with Gasteiger partial charge in [0.05, 0.1) is 10.8 Å². The van der Waals surface area contributed by atoms with Gasteiger partial charge < -0.3 is 0 Å². The van der Waals surface area contributed by atoms with E-state index < -0.39 is 10.8 Å². The summed E-state index contributed by atoms with van der Waals surface area (Å²) in [6, 6.07) is 6.08. The maximum atomic E-state index is 12.8. The molecule has 94 valence electrons. The standard InChI is InChI=1S/C14H19FOS/c1-10-3-6-14(9-11(10)2)17(16)13-7-4-12(15)5-8-13/h4-5,7-8,10-11,14H,3,6,9H2,1-2H3. The van der Waals surface area contributed by atoms with Gasteiger partial charge in [0, 0.05) is 10.1 Å². The van der Waals surface area contributed by atoms with Crippen LogP contribution in [0, 0.1) is 17.7 Å². The molecule has 1 aliphatic rings. The highest BCUT2D eigenvalue weighted by molar-refractivity contribution is 7.85. The van der Waals surface area contributed by atoms with Crippen LogP contribution < -0.4 is 0 Å². The van der Waals surface area contributed by atoms with Gasteiger partial charge >= 0.3 is 0 Å². The summed E-state index contributed by atoms with van der Waals surface area (Å²) >= 11 is 0. The van der Waals surface area contributed by atoms with E-state index in [0.717, 1.165) is 30.1 Å². The number of halogens is 1. The molecule has 0 radical (unpaired) electrons. The first-order valence-corrected chi connectivity index (χ1v) is 7.45. The average Bonchev–Trinajstić information content (AvgIpc) is 2.33. The molecule has 1 saturated carbocycles. The third-order valence-electron chi connectivity index (χ3n) is 3.90. The summed E-state index contributed by atoms with van der Waals surface area (Å²) in [4.78, 5) is 0.762. The highest BCUT2D eigenvalue weighted by Gasteiger charge is 2.28. The third-order valence-corrected chi connectivity index (χ3v) is 5.67. The van der Waals surface area contributed by atoms with Crippen molar-refractivity contribution in [2.24, 2.45) is 11.8 Å². The smallest absolute Gasteiger partial charge is 0.123 e. The average molecular weight is 254 g/mol. The molecular weight excluding hydrogens is 235 g/mol. The van der Waals surface area contributed by atoms with Crippen molar-refractivity contribution in [3.8, 4) is 0 Å². The maximum Gasteiger partial charge on any atom is 0.123 e. The Morgan fingerprint density at radius 2 is 1.76 bits per heavy atom. The number of benzene rings is 1. The Morgan fingerprint density at radius 3 is 2.35 bits per heavy atom. The third kappa shape index (κ3) is 2.95. The lowest BCUT2D eigenvalue weighted by Crippen LogP contribution is -2.27. The summed E-state index contributed by atoms with van der Waals surface area (Å²) < 4.78 is 25.2. The fourth-order valence-corrected chi connectivity index (χ4v) is 4.07. The molecule has 1 aliphatic carbocycles. The molecule has 0 saturated heterocycles. The summed E-state index contributed by atoms with van der Waals surface area (Å²) in [5, 5.41) is 0.242. The highest BCUT2D eigenvalue weighted by Crippen LogP contribution is 2.33. The van der Waals surface area contributed by atoms with Gasteiger partial charge in [-0.1, -0.05) is 13.8 Å². The molecule has 0 aromatic heterocycles. The van der Waals surface area contributed by atoms with Crippen LogP contribution >= 0.6 is 0 Å². The van der Waals surface area contributed by atoms with Crippen LogP contribution in [0.15, 0.2) is 29.2 Å². The van der Waals surface area contributed by atoms with Crippen LogP contribution in [0.2, 0.25) is 0 Å². The SMILES string of the molecule is CC1CCC(S(=O)c2ccc(F)cc2)CC1C. The molecule has 1 nitrogen and oxygen atoms in total. The van der Waals surface area contributed by atoms with Gasteiger partial charge in [-0.05, 0) is 55.4 Å². The van der Waals surface area contributed by atoms with Gasteiger partial charge in [-0.3, -0.25) is 4.21 Å². The van der Waals surface area contributed by atoms with E-state index in [2.05, 4.69) is 13.8 Å². The minimum atomic E-state index is -0.980. The lowest BCUT2D eigenvalue weighted by molar-refractivity contribution is 0.281. The van der Waals surface area contributed by atoms with Crippen LogP contribution in [0.1, 0.15) is 33.1 Å². The zero-order valence-electron chi connectivity index (χ0n) is 10.4. The molecule has 0 N–H and O–H groups in total. The van der Waals surface area contributed by atoms with Crippen molar-refractivity contribution in [3.05, 3.63) is 30.1 Å². The molecule has 0 aliphatic heterocycles. The Morgan fingerprint density at radius 1 is 1.12 bits per heavy atom. The van der Waals surface area contributed by atoms with E-state index in [0.29, 0.717) is 5.92 Å². The lowest BCUT2D eigenvalue weighted by Gasteiger charge is -2.31. The van der Waals surface area contributed by atoms with Crippen molar-refractivity contribution in [1.29, 1.82) is 0 Å². The zero-order valence-corrected chi connectivity index (χ0v) is 11.2. The minimum Gasteiger partial charge on any atom is -0.254 e. The fourth-order valence-electron chi connectivity index (χ4n) is 2.45. The normalized spacial score (nSPS) is 31.1. The molecular formula is C14H19FOS. The van der Waals surface area contributed by atoms with Crippen LogP contribution in [0.25, 0.3) is 0 Å². The van der Waals surface area contributed by atoms with Gasteiger partial charge in [-0.2, -0.15) is 0 Å². The molecule has 1 aromatic carbocycles. The molecule has 2 rings (SSSR count). The van der Waals surface area contributed by atoms with Crippen LogP contribution in [0.4, 0.5) is 4.39 Å². The van der Waals surface area contributed by atoms with Crippen molar-refractivity contribution >= 4 is 10.8 Å². The lowest BCUT2D eigenvalue weighted by atomic mass is 9.81. The summed E-state index contributed by atoms with van der Waals surface area (Å²) in [6.45, 7) is 4.50. The van der Waals surface area contributed by atoms with Gasteiger partial charge in [0.15, 0.2) is 0 Å². The van der Waals surface area contributed by atoms with E-state index >= 15 is 0 Å². The van der Waals surface area contributed by atoms with Gasteiger partial charge in [0.2, 0.25) is 0 Å². The molecule has 0 bridgehead atoms. The van der Waals surface area contributed by atoms with Crippen molar-refractivity contribution in [3.63, 3.8) is 0 Å². The molecule has 0 amide bonds. The first-order valence-electron chi connectivity index (χ1n) is 6.24. The van der Waals surface area contributed by atoms with Gasteiger partial charge in [-0.25, -0.2) is 4.39 Å². The van der Waals surface area contributed by atoms with E-state index in [1.165, 1.54) is 12.1 Å². The molecule has 0 heterocycles. The van der Waals surface area contributed by atoms with Crippen LogP contribution in [-0.4, -0.2) is 9.46 Å². The van der Waals surface area contributed by atoms with Crippen molar-refractivity contribution in [2.75, 3.05) is 0 Å². The summed E-state index contributed by atoms with van der Waals surface area (Å²) in [6.07, 6.45) is 3.19. The zero-order chi connectivity index (χ0) is 12.4. The maximum absolute atomic E-state index is 12.8. The second-order valence-corrected chi connectivity index (χ2v) is 6.87. The second kappa shape index (κ2) is 5.30. The van der Waals surface area contributed by atoms with E-state index in [4.69, 9.17) is 0 Å². The Balaban J connectivity index is 2.08. The second-order valence-electron chi connectivity index (χ2n) is 5.14. The Bertz CT molecular complexity index is 401. The van der Waals surface area contributed by atoms with Gasteiger partial charge in [0.1, 0.15) is 5.82 Å².